The Kier molecular flexibility index (Phi) is 4.86. The molecule has 122 valence electrons. The van der Waals surface area contributed by atoms with Crippen LogP contribution in [0, 0.1) is 13.8 Å². The molecule has 0 aliphatic heterocycles. The predicted octanol–water partition coefficient (Wildman–Crippen LogP) is 4.02. The Hall–Kier alpha value is -2.73. The van der Waals surface area contributed by atoms with Crippen molar-refractivity contribution in [3.63, 3.8) is 0 Å². The molecule has 0 saturated carbocycles. The average molecular weight is 338 g/mol. The first-order valence-corrected chi connectivity index (χ1v) is 8.43. The van der Waals surface area contributed by atoms with Gasteiger partial charge in [0.2, 0.25) is 5.13 Å². The molecule has 1 heterocycles. The Morgan fingerprint density at radius 1 is 1.04 bits per heavy atom. The van der Waals surface area contributed by atoms with Crippen LogP contribution in [0.2, 0.25) is 0 Å². The topological polar surface area (TPSA) is 66.9 Å². The fourth-order valence-corrected chi connectivity index (χ4v) is 2.85. The van der Waals surface area contributed by atoms with Crippen LogP contribution in [-0.2, 0) is 6.54 Å². The van der Waals surface area contributed by atoms with Crippen LogP contribution in [0.3, 0.4) is 0 Å². The van der Waals surface area contributed by atoms with E-state index in [0.717, 1.165) is 16.3 Å². The van der Waals surface area contributed by atoms with E-state index in [1.807, 2.05) is 43.3 Å². The van der Waals surface area contributed by atoms with E-state index in [0.29, 0.717) is 17.2 Å². The van der Waals surface area contributed by atoms with Gasteiger partial charge < -0.3 is 5.32 Å². The summed E-state index contributed by atoms with van der Waals surface area (Å²) in [6.07, 6.45) is 0. The first-order valence-electron chi connectivity index (χ1n) is 7.62. The van der Waals surface area contributed by atoms with Gasteiger partial charge in [0.05, 0.1) is 0 Å². The minimum Gasteiger partial charge on any atom is -0.381 e. The van der Waals surface area contributed by atoms with Crippen LogP contribution < -0.4 is 10.6 Å². The monoisotopic (exact) mass is 338 g/mol. The molecule has 1 aromatic heterocycles. The number of nitrogens with zero attached hydrogens (tertiary/aromatic N) is 2. The molecule has 3 aromatic rings. The maximum absolute atomic E-state index is 12.2. The van der Waals surface area contributed by atoms with Crippen molar-refractivity contribution >= 4 is 28.1 Å². The summed E-state index contributed by atoms with van der Waals surface area (Å²) in [6, 6.07) is 15.7. The Morgan fingerprint density at radius 2 is 1.79 bits per heavy atom. The standard InChI is InChI=1S/C18H18N4OS/c1-12-5-3-4-6-16(12)19-11-14-7-9-15(10-8-14)17(23)20-18-22-21-13(2)24-18/h3-10,19H,11H2,1-2H3,(H,20,22,23). The third-order valence-corrected chi connectivity index (χ3v) is 4.34. The molecular formula is C18H18N4OS. The Labute approximate surface area is 144 Å². The number of benzene rings is 2. The highest BCUT2D eigenvalue weighted by Crippen LogP contribution is 2.17. The summed E-state index contributed by atoms with van der Waals surface area (Å²) < 4.78 is 0. The molecule has 5 nitrogen and oxygen atoms in total. The summed E-state index contributed by atoms with van der Waals surface area (Å²) in [5, 5.41) is 15.3. The van der Waals surface area contributed by atoms with Crippen molar-refractivity contribution in [3.8, 4) is 0 Å². The van der Waals surface area contributed by atoms with Gasteiger partial charge in [0, 0.05) is 17.8 Å². The lowest BCUT2D eigenvalue weighted by Gasteiger charge is -2.09. The zero-order valence-electron chi connectivity index (χ0n) is 13.5. The minimum absolute atomic E-state index is 0.176. The highest BCUT2D eigenvalue weighted by molar-refractivity contribution is 7.15. The van der Waals surface area contributed by atoms with Gasteiger partial charge in [0.1, 0.15) is 5.01 Å². The molecule has 0 aliphatic rings. The van der Waals surface area contributed by atoms with Crippen LogP contribution in [0.1, 0.15) is 26.5 Å². The van der Waals surface area contributed by atoms with E-state index >= 15 is 0 Å². The molecule has 24 heavy (non-hydrogen) atoms. The number of aromatic nitrogens is 2. The molecule has 0 aliphatic carbocycles. The van der Waals surface area contributed by atoms with Crippen LogP contribution in [-0.4, -0.2) is 16.1 Å². The second-order valence-corrected chi connectivity index (χ2v) is 6.63. The van der Waals surface area contributed by atoms with Crippen molar-refractivity contribution in [3.05, 3.63) is 70.2 Å². The quantitative estimate of drug-likeness (QED) is 0.737. The number of hydrogen-bond acceptors (Lipinski definition) is 5. The SMILES string of the molecule is Cc1nnc(NC(=O)c2ccc(CNc3ccccc3C)cc2)s1. The van der Waals surface area contributed by atoms with Crippen molar-refractivity contribution < 1.29 is 4.79 Å². The Bertz CT molecular complexity index is 842. The van der Waals surface area contributed by atoms with Gasteiger partial charge in [0.15, 0.2) is 0 Å². The van der Waals surface area contributed by atoms with Gasteiger partial charge in [-0.05, 0) is 43.2 Å². The van der Waals surface area contributed by atoms with E-state index in [-0.39, 0.29) is 5.91 Å². The number of aryl methyl sites for hydroxylation is 2. The van der Waals surface area contributed by atoms with Gasteiger partial charge in [-0.15, -0.1) is 10.2 Å². The van der Waals surface area contributed by atoms with E-state index in [4.69, 9.17) is 0 Å². The van der Waals surface area contributed by atoms with Gasteiger partial charge in [0.25, 0.3) is 5.91 Å². The lowest BCUT2D eigenvalue weighted by Crippen LogP contribution is -2.11. The molecule has 2 N–H and O–H groups in total. The molecule has 0 unspecified atom stereocenters. The molecule has 6 heteroatoms. The van der Waals surface area contributed by atoms with E-state index in [2.05, 4.69) is 39.9 Å². The van der Waals surface area contributed by atoms with Crippen LogP contribution in [0.5, 0.6) is 0 Å². The number of hydrogen-bond donors (Lipinski definition) is 2. The molecule has 0 atom stereocenters. The van der Waals surface area contributed by atoms with E-state index in [1.54, 1.807) is 0 Å². The number of anilines is 2. The molecule has 0 fully saturated rings. The molecular weight excluding hydrogens is 320 g/mol. The lowest BCUT2D eigenvalue weighted by atomic mass is 10.1. The second-order valence-electron chi connectivity index (χ2n) is 5.45. The maximum atomic E-state index is 12.2. The van der Waals surface area contributed by atoms with E-state index < -0.39 is 0 Å². The summed E-state index contributed by atoms with van der Waals surface area (Å²) in [5.41, 5.74) is 4.04. The van der Waals surface area contributed by atoms with Gasteiger partial charge >= 0.3 is 0 Å². The summed E-state index contributed by atoms with van der Waals surface area (Å²) in [6.45, 7) is 4.64. The van der Waals surface area contributed by atoms with E-state index in [1.165, 1.54) is 16.9 Å². The molecule has 0 radical (unpaired) electrons. The van der Waals surface area contributed by atoms with Crippen molar-refractivity contribution in [2.24, 2.45) is 0 Å². The predicted molar refractivity (Wildman–Crippen MR) is 97.5 cm³/mol. The van der Waals surface area contributed by atoms with Gasteiger partial charge in [-0.3, -0.25) is 10.1 Å². The van der Waals surface area contributed by atoms with E-state index in [9.17, 15) is 4.79 Å². The normalized spacial score (nSPS) is 10.4. The number of para-hydroxylation sites is 1. The Morgan fingerprint density at radius 3 is 2.46 bits per heavy atom. The zero-order valence-corrected chi connectivity index (χ0v) is 14.4. The van der Waals surface area contributed by atoms with Crippen LogP contribution in [0.25, 0.3) is 0 Å². The van der Waals surface area contributed by atoms with Crippen molar-refractivity contribution in [2.75, 3.05) is 10.6 Å². The first kappa shape index (κ1) is 16.1. The Balaban J connectivity index is 1.60. The number of carbonyl (C=O) groups excluding carboxylic acids is 1. The molecule has 0 spiro atoms. The number of rotatable bonds is 5. The maximum Gasteiger partial charge on any atom is 0.257 e. The number of nitrogens with one attached hydrogen (secondary N) is 2. The van der Waals surface area contributed by atoms with Crippen molar-refractivity contribution in [1.82, 2.24) is 10.2 Å². The van der Waals surface area contributed by atoms with Gasteiger partial charge in [-0.2, -0.15) is 0 Å². The molecule has 3 rings (SSSR count). The van der Waals surface area contributed by atoms with Crippen LogP contribution in [0.15, 0.2) is 48.5 Å². The summed E-state index contributed by atoms with van der Waals surface area (Å²) in [7, 11) is 0. The third kappa shape index (κ3) is 3.97. The van der Waals surface area contributed by atoms with Crippen LogP contribution >= 0.6 is 11.3 Å². The summed E-state index contributed by atoms with van der Waals surface area (Å²) in [4.78, 5) is 12.2. The number of carbonyl (C=O) groups is 1. The van der Waals surface area contributed by atoms with Gasteiger partial charge in [-0.25, -0.2) is 0 Å². The lowest BCUT2D eigenvalue weighted by molar-refractivity contribution is 0.102. The highest BCUT2D eigenvalue weighted by Gasteiger charge is 2.09. The van der Waals surface area contributed by atoms with Gasteiger partial charge in [-0.1, -0.05) is 41.7 Å². The highest BCUT2D eigenvalue weighted by atomic mass is 32.1. The molecule has 0 saturated heterocycles. The molecule has 2 aromatic carbocycles. The summed E-state index contributed by atoms with van der Waals surface area (Å²) in [5.74, 6) is -0.176. The fourth-order valence-electron chi connectivity index (χ4n) is 2.26. The molecule has 0 bridgehead atoms. The van der Waals surface area contributed by atoms with Crippen molar-refractivity contribution in [2.45, 2.75) is 20.4 Å². The zero-order chi connectivity index (χ0) is 16.9. The average Bonchev–Trinajstić information content (AvgIpc) is 2.99. The first-order chi connectivity index (χ1) is 11.6. The smallest absolute Gasteiger partial charge is 0.257 e. The summed E-state index contributed by atoms with van der Waals surface area (Å²) >= 11 is 1.36. The third-order valence-electron chi connectivity index (χ3n) is 3.59. The molecule has 1 amide bonds. The second kappa shape index (κ2) is 7.23. The number of amides is 1. The largest absolute Gasteiger partial charge is 0.381 e. The minimum atomic E-state index is -0.176. The van der Waals surface area contributed by atoms with Crippen molar-refractivity contribution in [1.29, 1.82) is 0 Å². The fraction of sp³-hybridized carbons (Fsp3) is 0.167. The van der Waals surface area contributed by atoms with Crippen LogP contribution in [0.4, 0.5) is 10.8 Å².